The second-order valence-corrected chi connectivity index (χ2v) is 6.98. The topological polar surface area (TPSA) is 58.1 Å². The van der Waals surface area contributed by atoms with Crippen LogP contribution in [0.25, 0.3) is 0 Å². The van der Waals surface area contributed by atoms with E-state index in [9.17, 15) is 4.79 Å². The molecule has 5 nitrogen and oxygen atoms in total. The van der Waals surface area contributed by atoms with E-state index in [1.807, 2.05) is 43.3 Å². The van der Waals surface area contributed by atoms with Crippen molar-refractivity contribution in [3.63, 3.8) is 0 Å². The lowest BCUT2D eigenvalue weighted by molar-refractivity contribution is -0.113. The Kier molecular flexibility index (Phi) is 5.69. The number of hydrogen-bond donors (Lipinski definition) is 1. The van der Waals surface area contributed by atoms with E-state index in [0.29, 0.717) is 5.75 Å². The van der Waals surface area contributed by atoms with E-state index in [-0.39, 0.29) is 5.91 Å². The van der Waals surface area contributed by atoms with Gasteiger partial charge in [-0.15, -0.1) is 10.2 Å². The summed E-state index contributed by atoms with van der Waals surface area (Å²) < 4.78 is 0. The first kappa shape index (κ1) is 16.8. The Morgan fingerprint density at radius 1 is 1.17 bits per heavy atom. The molecule has 0 spiro atoms. The fourth-order valence-corrected chi connectivity index (χ4v) is 3.35. The summed E-state index contributed by atoms with van der Waals surface area (Å²) in [6.07, 6.45) is 3.74. The highest BCUT2D eigenvalue weighted by Crippen LogP contribution is 2.20. The molecule has 0 bridgehead atoms. The molecule has 6 heteroatoms. The molecule has 0 aliphatic carbocycles. The minimum atomic E-state index is -0.0347. The molecule has 2 aromatic rings. The zero-order valence-corrected chi connectivity index (χ0v) is 14.7. The van der Waals surface area contributed by atoms with Gasteiger partial charge in [0.15, 0.2) is 5.82 Å². The molecule has 1 aromatic heterocycles. The summed E-state index contributed by atoms with van der Waals surface area (Å²) in [4.78, 5) is 14.3. The van der Waals surface area contributed by atoms with Crippen LogP contribution >= 0.6 is 11.8 Å². The number of amides is 1. The summed E-state index contributed by atoms with van der Waals surface area (Å²) >= 11 is 1.40. The number of carbonyl (C=O) groups is 1. The molecule has 24 heavy (non-hydrogen) atoms. The van der Waals surface area contributed by atoms with Crippen molar-refractivity contribution in [2.24, 2.45) is 0 Å². The van der Waals surface area contributed by atoms with Gasteiger partial charge in [-0.25, -0.2) is 0 Å². The lowest BCUT2D eigenvalue weighted by atomic mass is 10.1. The summed E-state index contributed by atoms with van der Waals surface area (Å²) in [5.74, 6) is 1.22. The number of piperidine rings is 1. The van der Waals surface area contributed by atoms with E-state index in [4.69, 9.17) is 0 Å². The Hall–Kier alpha value is -2.08. The van der Waals surface area contributed by atoms with Gasteiger partial charge in [-0.05, 0) is 56.0 Å². The minimum Gasteiger partial charge on any atom is -0.355 e. The summed E-state index contributed by atoms with van der Waals surface area (Å²) in [5, 5.41) is 12.2. The van der Waals surface area contributed by atoms with Gasteiger partial charge >= 0.3 is 0 Å². The Balaban J connectivity index is 1.50. The molecule has 1 N–H and O–H groups in total. The third-order valence-electron chi connectivity index (χ3n) is 3.96. The van der Waals surface area contributed by atoms with Crippen LogP contribution in [0.2, 0.25) is 0 Å². The van der Waals surface area contributed by atoms with Crippen molar-refractivity contribution < 1.29 is 4.79 Å². The summed E-state index contributed by atoms with van der Waals surface area (Å²) in [6, 6.07) is 11.7. The van der Waals surface area contributed by atoms with Crippen molar-refractivity contribution in [1.29, 1.82) is 0 Å². The first-order chi connectivity index (χ1) is 11.7. The van der Waals surface area contributed by atoms with E-state index < -0.39 is 0 Å². The van der Waals surface area contributed by atoms with Crippen LogP contribution in [0.3, 0.4) is 0 Å². The van der Waals surface area contributed by atoms with Crippen LogP contribution in [-0.4, -0.2) is 34.9 Å². The highest BCUT2D eigenvalue weighted by atomic mass is 32.2. The van der Waals surface area contributed by atoms with Crippen LogP contribution in [0, 0.1) is 6.92 Å². The predicted octanol–water partition coefficient (Wildman–Crippen LogP) is 3.51. The Morgan fingerprint density at radius 2 is 2.00 bits per heavy atom. The molecule has 2 heterocycles. The number of rotatable bonds is 5. The van der Waals surface area contributed by atoms with Gasteiger partial charge in [0, 0.05) is 18.8 Å². The molecular formula is C18H22N4OS. The van der Waals surface area contributed by atoms with Crippen LogP contribution in [-0.2, 0) is 4.79 Å². The predicted molar refractivity (Wildman–Crippen MR) is 98.6 cm³/mol. The van der Waals surface area contributed by atoms with Crippen LogP contribution in [0.4, 0.5) is 11.5 Å². The smallest absolute Gasteiger partial charge is 0.234 e. The quantitative estimate of drug-likeness (QED) is 0.843. The minimum absolute atomic E-state index is 0.0347. The second-order valence-electron chi connectivity index (χ2n) is 5.98. The van der Waals surface area contributed by atoms with Gasteiger partial charge in [-0.1, -0.05) is 23.9 Å². The van der Waals surface area contributed by atoms with E-state index in [0.717, 1.165) is 35.2 Å². The molecule has 3 rings (SSSR count). The van der Waals surface area contributed by atoms with Crippen LogP contribution in [0.5, 0.6) is 0 Å². The van der Waals surface area contributed by atoms with Crippen molar-refractivity contribution in [1.82, 2.24) is 10.2 Å². The summed E-state index contributed by atoms with van der Waals surface area (Å²) in [5.41, 5.74) is 1.95. The Labute approximate surface area is 146 Å². The third kappa shape index (κ3) is 4.71. The largest absolute Gasteiger partial charge is 0.355 e. The number of carbonyl (C=O) groups excluding carboxylic acids is 1. The van der Waals surface area contributed by atoms with E-state index in [1.54, 1.807) is 0 Å². The van der Waals surface area contributed by atoms with Crippen molar-refractivity contribution in [3.05, 3.63) is 42.0 Å². The van der Waals surface area contributed by atoms with Gasteiger partial charge < -0.3 is 10.2 Å². The molecule has 1 fully saturated rings. The molecule has 1 aliphatic rings. The van der Waals surface area contributed by atoms with E-state index in [1.165, 1.54) is 31.0 Å². The summed E-state index contributed by atoms with van der Waals surface area (Å²) in [7, 11) is 0. The maximum absolute atomic E-state index is 12.0. The number of aryl methyl sites for hydroxylation is 1. The van der Waals surface area contributed by atoms with Crippen molar-refractivity contribution in [2.75, 3.05) is 29.1 Å². The van der Waals surface area contributed by atoms with Gasteiger partial charge in [0.1, 0.15) is 5.03 Å². The molecule has 0 atom stereocenters. The number of anilines is 2. The molecule has 0 saturated carbocycles. The van der Waals surface area contributed by atoms with E-state index in [2.05, 4.69) is 20.4 Å². The number of thioether (sulfide) groups is 1. The van der Waals surface area contributed by atoms with Gasteiger partial charge in [0.25, 0.3) is 0 Å². The van der Waals surface area contributed by atoms with Crippen molar-refractivity contribution in [2.45, 2.75) is 31.2 Å². The molecule has 1 saturated heterocycles. The Morgan fingerprint density at radius 3 is 2.71 bits per heavy atom. The second kappa shape index (κ2) is 8.15. The van der Waals surface area contributed by atoms with Gasteiger partial charge in [-0.2, -0.15) is 0 Å². The number of benzene rings is 1. The molecular weight excluding hydrogens is 320 g/mol. The van der Waals surface area contributed by atoms with Gasteiger partial charge in [0.2, 0.25) is 5.91 Å². The standard InChI is InChI=1S/C18H22N4OS/c1-14-6-5-7-15(12-14)19-17(23)13-24-18-9-8-16(20-21-18)22-10-3-2-4-11-22/h5-9,12H,2-4,10-11,13H2,1H3,(H,19,23). The molecule has 0 unspecified atom stereocenters. The first-order valence-electron chi connectivity index (χ1n) is 8.29. The summed E-state index contributed by atoms with van der Waals surface area (Å²) in [6.45, 7) is 4.12. The lowest BCUT2D eigenvalue weighted by Crippen LogP contribution is -2.30. The zero-order valence-electron chi connectivity index (χ0n) is 13.9. The monoisotopic (exact) mass is 342 g/mol. The van der Waals surface area contributed by atoms with Gasteiger partial charge in [-0.3, -0.25) is 4.79 Å². The highest BCUT2D eigenvalue weighted by Gasteiger charge is 2.12. The maximum atomic E-state index is 12.0. The zero-order chi connectivity index (χ0) is 16.8. The van der Waals surface area contributed by atoms with E-state index >= 15 is 0 Å². The van der Waals surface area contributed by atoms with Crippen LogP contribution in [0.15, 0.2) is 41.4 Å². The molecule has 0 radical (unpaired) electrons. The third-order valence-corrected chi connectivity index (χ3v) is 4.88. The molecule has 1 aliphatic heterocycles. The lowest BCUT2D eigenvalue weighted by Gasteiger charge is -2.27. The van der Waals surface area contributed by atoms with Crippen molar-refractivity contribution in [3.8, 4) is 0 Å². The fraction of sp³-hybridized carbons (Fsp3) is 0.389. The van der Waals surface area contributed by atoms with Gasteiger partial charge in [0.05, 0.1) is 5.75 Å². The number of nitrogens with zero attached hydrogens (tertiary/aromatic N) is 3. The number of aromatic nitrogens is 2. The van der Waals surface area contributed by atoms with Crippen LogP contribution in [0.1, 0.15) is 24.8 Å². The Bertz CT molecular complexity index is 684. The molecule has 1 aromatic carbocycles. The average Bonchev–Trinajstić information content (AvgIpc) is 2.61. The highest BCUT2D eigenvalue weighted by molar-refractivity contribution is 7.99. The fourth-order valence-electron chi connectivity index (χ4n) is 2.74. The molecule has 126 valence electrons. The maximum Gasteiger partial charge on any atom is 0.234 e. The van der Waals surface area contributed by atoms with Crippen molar-refractivity contribution >= 4 is 29.2 Å². The van der Waals surface area contributed by atoms with Crippen LogP contribution < -0.4 is 10.2 Å². The first-order valence-corrected chi connectivity index (χ1v) is 9.27. The average molecular weight is 342 g/mol. The number of nitrogens with one attached hydrogen (secondary N) is 1. The SMILES string of the molecule is Cc1cccc(NC(=O)CSc2ccc(N3CCCCC3)nn2)c1. The molecule has 1 amide bonds. The number of hydrogen-bond acceptors (Lipinski definition) is 5. The normalized spacial score (nSPS) is 14.5.